The number of nitriles is 1. The van der Waals surface area contributed by atoms with Gasteiger partial charge in [-0.3, -0.25) is 0 Å². The zero-order valence-corrected chi connectivity index (χ0v) is 16.0. The monoisotopic (exact) mass is 363 g/mol. The van der Waals surface area contributed by atoms with Crippen molar-refractivity contribution >= 4 is 0 Å². The molecule has 2 aliphatic heterocycles. The summed E-state index contributed by atoms with van der Waals surface area (Å²) >= 11 is 0. The van der Waals surface area contributed by atoms with Crippen molar-refractivity contribution in [3.8, 4) is 6.07 Å². The average Bonchev–Trinajstić information content (AvgIpc) is 3.51. The van der Waals surface area contributed by atoms with Gasteiger partial charge < -0.3 is 9.47 Å². The summed E-state index contributed by atoms with van der Waals surface area (Å²) in [6, 6.07) is 2.67. The lowest BCUT2D eigenvalue weighted by molar-refractivity contribution is -0.0591. The smallest absolute Gasteiger partial charge is 0.0767 e. The van der Waals surface area contributed by atoms with E-state index in [4.69, 9.17) is 9.47 Å². The Morgan fingerprint density at radius 2 is 1.44 bits per heavy atom. The Balaban J connectivity index is 1.18. The highest BCUT2D eigenvalue weighted by molar-refractivity contribution is 5.29. The van der Waals surface area contributed by atoms with E-state index >= 15 is 0 Å². The van der Waals surface area contributed by atoms with Crippen molar-refractivity contribution in [2.75, 3.05) is 6.61 Å². The number of rotatable bonds is 2. The molecule has 16 atom stereocenters. The lowest BCUT2D eigenvalue weighted by Crippen LogP contribution is -2.52. The van der Waals surface area contributed by atoms with Crippen LogP contribution in [-0.2, 0) is 9.47 Å². The minimum absolute atomic E-state index is 0.120. The molecule has 8 aliphatic rings. The van der Waals surface area contributed by atoms with Crippen LogP contribution < -0.4 is 0 Å². The first kappa shape index (κ1) is 15.1. The largest absolute Gasteiger partial charge is 0.377 e. The Bertz CT molecular complexity index is 786. The molecule has 0 aromatic rings. The average molecular weight is 364 g/mol. The van der Waals surface area contributed by atoms with Gasteiger partial charge in [0.15, 0.2) is 0 Å². The normalized spacial score (nSPS) is 69.9. The van der Waals surface area contributed by atoms with Crippen LogP contribution in [0.2, 0.25) is 0 Å². The van der Waals surface area contributed by atoms with E-state index in [9.17, 15) is 5.26 Å². The molecule has 0 radical (unpaired) electrons. The summed E-state index contributed by atoms with van der Waals surface area (Å²) in [5, 5.41) is 9.88. The summed E-state index contributed by atoms with van der Waals surface area (Å²) in [7, 11) is 0. The van der Waals surface area contributed by atoms with Gasteiger partial charge in [-0.05, 0) is 97.2 Å². The molecule has 0 N–H and O–H groups in total. The Morgan fingerprint density at radius 1 is 0.852 bits per heavy atom. The molecule has 8 bridgehead atoms. The third-order valence-electron chi connectivity index (χ3n) is 11.1. The highest BCUT2D eigenvalue weighted by Gasteiger charge is 2.78. The molecule has 0 amide bonds. The van der Waals surface area contributed by atoms with Gasteiger partial charge in [0.2, 0.25) is 0 Å². The topological polar surface area (TPSA) is 42.2 Å². The molecular formula is C24H29NO2. The molecule has 2 saturated heterocycles. The molecule has 3 heteroatoms. The van der Waals surface area contributed by atoms with Crippen molar-refractivity contribution in [1.29, 1.82) is 5.26 Å². The van der Waals surface area contributed by atoms with Gasteiger partial charge in [-0.1, -0.05) is 12.2 Å². The SMILES string of the molecule is CCOC1C(C#N)C2CC1C1C3OC(C21)C1C2CC(C4C5C=CC(C5)C24)C31. The molecule has 16 unspecified atom stereocenters. The van der Waals surface area contributed by atoms with Gasteiger partial charge in [-0.2, -0.15) is 5.26 Å². The zero-order valence-electron chi connectivity index (χ0n) is 16.0. The van der Waals surface area contributed by atoms with Crippen LogP contribution in [0.4, 0.5) is 0 Å². The quantitative estimate of drug-likeness (QED) is 0.557. The Hall–Kier alpha value is -0.850. The molecule has 27 heavy (non-hydrogen) atoms. The minimum atomic E-state index is 0.120. The van der Waals surface area contributed by atoms with E-state index in [0.29, 0.717) is 35.9 Å². The number of fused-ring (bicyclic) bond motifs is 23. The van der Waals surface area contributed by atoms with Crippen LogP contribution in [0.15, 0.2) is 12.2 Å². The predicted octanol–water partition coefficient (Wildman–Crippen LogP) is 3.51. The fourth-order valence-corrected chi connectivity index (χ4v) is 11.1. The predicted molar refractivity (Wildman–Crippen MR) is 98.0 cm³/mol. The Morgan fingerprint density at radius 3 is 2.07 bits per heavy atom. The van der Waals surface area contributed by atoms with Gasteiger partial charge in [0.25, 0.3) is 0 Å². The maximum absolute atomic E-state index is 9.88. The van der Waals surface area contributed by atoms with Crippen molar-refractivity contribution in [2.45, 2.75) is 44.5 Å². The van der Waals surface area contributed by atoms with Gasteiger partial charge in [0.1, 0.15) is 0 Å². The fourth-order valence-electron chi connectivity index (χ4n) is 11.1. The van der Waals surface area contributed by atoms with Gasteiger partial charge in [0.05, 0.1) is 30.3 Å². The van der Waals surface area contributed by atoms with E-state index in [-0.39, 0.29) is 12.0 Å². The van der Waals surface area contributed by atoms with Crippen molar-refractivity contribution in [3.63, 3.8) is 0 Å². The third kappa shape index (κ3) is 1.43. The molecule has 2 heterocycles. The first-order chi connectivity index (χ1) is 13.3. The van der Waals surface area contributed by atoms with Crippen LogP contribution in [0.25, 0.3) is 0 Å². The van der Waals surface area contributed by atoms with E-state index in [1.165, 1.54) is 19.3 Å². The minimum Gasteiger partial charge on any atom is -0.377 e. The summed E-state index contributed by atoms with van der Waals surface area (Å²) in [5.74, 6) is 9.94. The molecule has 0 aromatic heterocycles. The van der Waals surface area contributed by atoms with Gasteiger partial charge in [-0.15, -0.1) is 0 Å². The van der Waals surface area contributed by atoms with Crippen LogP contribution in [0.1, 0.15) is 26.2 Å². The summed E-state index contributed by atoms with van der Waals surface area (Å²) < 4.78 is 13.0. The zero-order chi connectivity index (χ0) is 17.6. The number of hydrogen-bond donors (Lipinski definition) is 0. The van der Waals surface area contributed by atoms with Gasteiger partial charge in [0, 0.05) is 6.61 Å². The highest BCUT2D eigenvalue weighted by atomic mass is 16.5. The van der Waals surface area contributed by atoms with E-state index in [2.05, 4.69) is 25.1 Å². The van der Waals surface area contributed by atoms with E-state index in [1.54, 1.807) is 0 Å². The standard InChI is InChI=1S/C24H29NO2/c1-2-26-22-14-6-11(15(22)8-25)18-21(14)24-20-13-7-12(19(20)23(18)27-24)16-9-3-4-10(5-9)17(13)16/h3-4,9-24H,2,5-7H2,1H3. The number of hydrogen-bond acceptors (Lipinski definition) is 3. The van der Waals surface area contributed by atoms with Crippen LogP contribution in [0, 0.1) is 88.3 Å². The summed E-state index contributed by atoms with van der Waals surface area (Å²) in [6.07, 6.45) is 10.5. The fraction of sp³-hybridized carbons (Fsp3) is 0.875. The first-order valence-electron chi connectivity index (χ1n) is 11.7. The Labute approximate surface area is 161 Å². The summed E-state index contributed by atoms with van der Waals surface area (Å²) in [5.41, 5.74) is 0. The highest BCUT2D eigenvalue weighted by Crippen LogP contribution is 2.77. The van der Waals surface area contributed by atoms with Crippen molar-refractivity contribution in [3.05, 3.63) is 12.2 Å². The maximum atomic E-state index is 9.88. The van der Waals surface area contributed by atoms with Crippen molar-refractivity contribution in [2.24, 2.45) is 76.9 Å². The molecule has 7 fully saturated rings. The second kappa shape index (κ2) is 4.65. The van der Waals surface area contributed by atoms with E-state index in [0.717, 1.165) is 54.0 Å². The molecule has 6 aliphatic carbocycles. The lowest BCUT2D eigenvalue weighted by Gasteiger charge is -2.48. The van der Waals surface area contributed by atoms with Crippen molar-refractivity contribution < 1.29 is 9.47 Å². The summed E-state index contributed by atoms with van der Waals surface area (Å²) in [4.78, 5) is 0. The van der Waals surface area contributed by atoms with Crippen LogP contribution in [-0.4, -0.2) is 24.9 Å². The molecule has 3 nitrogen and oxygen atoms in total. The maximum Gasteiger partial charge on any atom is 0.0767 e. The van der Waals surface area contributed by atoms with Crippen LogP contribution in [0.5, 0.6) is 0 Å². The molecular weight excluding hydrogens is 334 g/mol. The molecule has 5 saturated carbocycles. The van der Waals surface area contributed by atoms with E-state index < -0.39 is 0 Å². The van der Waals surface area contributed by atoms with Crippen molar-refractivity contribution in [1.82, 2.24) is 0 Å². The lowest BCUT2D eigenvalue weighted by atomic mass is 9.54. The second-order valence-corrected chi connectivity index (χ2v) is 11.2. The Kier molecular flexibility index (Phi) is 2.59. The molecule has 0 spiro atoms. The van der Waals surface area contributed by atoms with Gasteiger partial charge in [-0.25, -0.2) is 0 Å². The number of allylic oxidation sites excluding steroid dienone is 2. The molecule has 142 valence electrons. The summed E-state index contributed by atoms with van der Waals surface area (Å²) in [6.45, 7) is 2.83. The van der Waals surface area contributed by atoms with Crippen LogP contribution >= 0.6 is 0 Å². The third-order valence-corrected chi connectivity index (χ3v) is 11.1. The van der Waals surface area contributed by atoms with Crippen LogP contribution in [0.3, 0.4) is 0 Å². The van der Waals surface area contributed by atoms with E-state index in [1.807, 2.05) is 0 Å². The number of nitrogens with zero attached hydrogens (tertiary/aromatic N) is 1. The molecule has 0 aromatic carbocycles. The number of ether oxygens (including phenoxy) is 2. The second-order valence-electron chi connectivity index (χ2n) is 11.2. The molecule has 8 rings (SSSR count). The first-order valence-corrected chi connectivity index (χ1v) is 11.7. The van der Waals surface area contributed by atoms with Gasteiger partial charge >= 0.3 is 0 Å².